The molecule has 2 aliphatic rings. The number of aliphatic hydroxyl groups is 1. The van der Waals surface area contributed by atoms with Crippen LogP contribution in [0.1, 0.15) is 37.9 Å². The van der Waals surface area contributed by atoms with E-state index in [0.29, 0.717) is 0 Å². The highest BCUT2D eigenvalue weighted by Gasteiger charge is 2.30. The number of hydrogen-bond donors (Lipinski definition) is 1. The molecule has 1 N–H and O–H groups in total. The third-order valence-corrected chi connectivity index (χ3v) is 5.13. The highest BCUT2D eigenvalue weighted by Crippen LogP contribution is 2.25. The van der Waals surface area contributed by atoms with Gasteiger partial charge in [-0.1, -0.05) is 37.3 Å². The largest absolute Gasteiger partial charge is 0.388 e. The van der Waals surface area contributed by atoms with E-state index in [1.807, 2.05) is 30.3 Å². The number of aliphatic hydroxyl groups excluding tert-OH is 1. The average molecular weight is 288 g/mol. The number of likely N-dealkylation sites (tertiary alicyclic amines) is 2. The Kier molecular flexibility index (Phi) is 4.94. The van der Waals surface area contributed by atoms with Gasteiger partial charge in [0.05, 0.1) is 6.10 Å². The van der Waals surface area contributed by atoms with Gasteiger partial charge in [0, 0.05) is 19.1 Å². The van der Waals surface area contributed by atoms with Gasteiger partial charge >= 0.3 is 0 Å². The molecule has 21 heavy (non-hydrogen) atoms. The zero-order chi connectivity index (χ0) is 14.7. The second-order valence-electron chi connectivity index (χ2n) is 6.78. The lowest BCUT2D eigenvalue weighted by Gasteiger charge is -2.27. The van der Waals surface area contributed by atoms with Crippen LogP contribution < -0.4 is 0 Å². The van der Waals surface area contributed by atoms with E-state index < -0.39 is 0 Å². The minimum absolute atomic E-state index is 0.282. The van der Waals surface area contributed by atoms with Crippen molar-refractivity contribution in [3.63, 3.8) is 0 Å². The van der Waals surface area contributed by atoms with Crippen LogP contribution in [0.15, 0.2) is 30.3 Å². The quantitative estimate of drug-likeness (QED) is 0.902. The van der Waals surface area contributed by atoms with E-state index in [1.54, 1.807) is 0 Å². The Labute approximate surface area is 128 Å². The van der Waals surface area contributed by atoms with Gasteiger partial charge in [-0.25, -0.2) is 0 Å². The molecular formula is C18H28N2O. The molecule has 0 bridgehead atoms. The van der Waals surface area contributed by atoms with Crippen LogP contribution in [0.5, 0.6) is 0 Å². The summed E-state index contributed by atoms with van der Waals surface area (Å²) in [6.07, 6.45) is 3.70. The lowest BCUT2D eigenvalue weighted by atomic mass is 9.97. The normalized spacial score (nSPS) is 27.0. The second-order valence-corrected chi connectivity index (χ2v) is 6.78. The topological polar surface area (TPSA) is 26.7 Å². The smallest absolute Gasteiger partial charge is 0.0827 e. The Morgan fingerprint density at radius 1 is 1.14 bits per heavy atom. The highest BCUT2D eigenvalue weighted by atomic mass is 16.3. The van der Waals surface area contributed by atoms with Crippen LogP contribution in [0.3, 0.4) is 0 Å². The predicted molar refractivity (Wildman–Crippen MR) is 86.2 cm³/mol. The van der Waals surface area contributed by atoms with E-state index in [-0.39, 0.29) is 12.0 Å². The van der Waals surface area contributed by atoms with Crippen molar-refractivity contribution in [3.8, 4) is 0 Å². The number of rotatable bonds is 5. The molecule has 0 aliphatic carbocycles. The summed E-state index contributed by atoms with van der Waals surface area (Å²) in [5.74, 6) is 0.282. The maximum atomic E-state index is 10.5. The van der Waals surface area contributed by atoms with Crippen LogP contribution in [0, 0.1) is 5.92 Å². The zero-order valence-electron chi connectivity index (χ0n) is 13.1. The van der Waals surface area contributed by atoms with E-state index in [9.17, 15) is 5.11 Å². The molecule has 2 fully saturated rings. The Hall–Kier alpha value is -0.900. The van der Waals surface area contributed by atoms with Gasteiger partial charge in [0.15, 0.2) is 0 Å². The van der Waals surface area contributed by atoms with Gasteiger partial charge in [0.2, 0.25) is 0 Å². The molecule has 116 valence electrons. The van der Waals surface area contributed by atoms with Gasteiger partial charge in [-0.05, 0) is 50.4 Å². The van der Waals surface area contributed by atoms with E-state index in [2.05, 4.69) is 16.7 Å². The highest BCUT2D eigenvalue weighted by molar-refractivity contribution is 5.17. The van der Waals surface area contributed by atoms with Gasteiger partial charge in [0.1, 0.15) is 0 Å². The van der Waals surface area contributed by atoms with Crippen LogP contribution in [-0.2, 0) is 0 Å². The summed E-state index contributed by atoms with van der Waals surface area (Å²) in [5, 5.41) is 10.5. The molecule has 2 saturated heterocycles. The maximum absolute atomic E-state index is 10.5. The molecular weight excluding hydrogens is 260 g/mol. The SMILES string of the molecule is CC(CN1CCC(N2CCCC2)C1)C(O)c1ccccc1. The standard InChI is InChI=1S/C18H28N2O/c1-15(18(21)16-7-3-2-4-8-16)13-19-12-9-17(14-19)20-10-5-6-11-20/h2-4,7-8,15,17-18,21H,5-6,9-14H2,1H3. The average Bonchev–Trinajstić information content (AvgIpc) is 3.18. The van der Waals surface area contributed by atoms with Gasteiger partial charge in [0.25, 0.3) is 0 Å². The number of benzene rings is 1. The number of hydrogen-bond acceptors (Lipinski definition) is 3. The van der Waals surface area contributed by atoms with Crippen LogP contribution in [-0.4, -0.2) is 53.7 Å². The second kappa shape index (κ2) is 6.91. The fourth-order valence-electron chi connectivity index (χ4n) is 3.87. The summed E-state index contributed by atoms with van der Waals surface area (Å²) >= 11 is 0. The lowest BCUT2D eigenvalue weighted by molar-refractivity contribution is 0.0922. The van der Waals surface area contributed by atoms with E-state index in [4.69, 9.17) is 0 Å². The van der Waals surface area contributed by atoms with Crippen LogP contribution >= 0.6 is 0 Å². The molecule has 0 spiro atoms. The monoisotopic (exact) mass is 288 g/mol. The first-order valence-electron chi connectivity index (χ1n) is 8.43. The molecule has 1 aromatic carbocycles. The van der Waals surface area contributed by atoms with Gasteiger partial charge in [-0.2, -0.15) is 0 Å². The molecule has 3 unspecified atom stereocenters. The van der Waals surface area contributed by atoms with Crippen molar-refractivity contribution in [2.45, 2.75) is 38.3 Å². The Morgan fingerprint density at radius 2 is 1.86 bits per heavy atom. The van der Waals surface area contributed by atoms with Crippen molar-refractivity contribution >= 4 is 0 Å². The van der Waals surface area contributed by atoms with E-state index in [1.165, 1.54) is 45.4 Å². The van der Waals surface area contributed by atoms with Crippen molar-refractivity contribution in [1.82, 2.24) is 9.80 Å². The predicted octanol–water partition coefficient (Wildman–Crippen LogP) is 2.53. The fourth-order valence-corrected chi connectivity index (χ4v) is 3.87. The molecule has 1 aromatic rings. The first-order chi connectivity index (χ1) is 10.2. The molecule has 0 aromatic heterocycles. The minimum atomic E-state index is -0.350. The molecule has 0 amide bonds. The molecule has 3 rings (SSSR count). The van der Waals surface area contributed by atoms with E-state index in [0.717, 1.165) is 18.2 Å². The molecule has 3 heteroatoms. The molecule has 0 saturated carbocycles. The lowest BCUT2D eigenvalue weighted by Crippen LogP contribution is -2.36. The minimum Gasteiger partial charge on any atom is -0.388 e. The Balaban J connectivity index is 1.50. The first kappa shape index (κ1) is 15.0. The summed E-state index contributed by atoms with van der Waals surface area (Å²) in [6, 6.07) is 10.8. The summed E-state index contributed by atoms with van der Waals surface area (Å²) in [5.41, 5.74) is 1.04. The molecule has 0 radical (unpaired) electrons. The Bertz CT molecular complexity index is 430. The van der Waals surface area contributed by atoms with Crippen molar-refractivity contribution in [3.05, 3.63) is 35.9 Å². The van der Waals surface area contributed by atoms with Crippen LogP contribution in [0.2, 0.25) is 0 Å². The summed E-state index contributed by atoms with van der Waals surface area (Å²) in [4.78, 5) is 5.21. The summed E-state index contributed by atoms with van der Waals surface area (Å²) in [6.45, 7) is 8.13. The molecule has 2 aliphatic heterocycles. The number of nitrogens with zero attached hydrogens (tertiary/aromatic N) is 2. The third kappa shape index (κ3) is 3.65. The van der Waals surface area contributed by atoms with Crippen LogP contribution in [0.25, 0.3) is 0 Å². The van der Waals surface area contributed by atoms with Crippen molar-refractivity contribution in [2.24, 2.45) is 5.92 Å². The van der Waals surface area contributed by atoms with E-state index >= 15 is 0 Å². The first-order valence-corrected chi connectivity index (χ1v) is 8.43. The maximum Gasteiger partial charge on any atom is 0.0827 e. The zero-order valence-corrected chi connectivity index (χ0v) is 13.1. The Morgan fingerprint density at radius 3 is 2.57 bits per heavy atom. The van der Waals surface area contributed by atoms with Crippen molar-refractivity contribution in [1.29, 1.82) is 0 Å². The van der Waals surface area contributed by atoms with Crippen molar-refractivity contribution < 1.29 is 5.11 Å². The molecule has 3 atom stereocenters. The summed E-state index contributed by atoms with van der Waals surface area (Å²) < 4.78 is 0. The fraction of sp³-hybridized carbons (Fsp3) is 0.667. The van der Waals surface area contributed by atoms with Gasteiger partial charge < -0.3 is 10.0 Å². The third-order valence-electron chi connectivity index (χ3n) is 5.13. The molecule has 2 heterocycles. The van der Waals surface area contributed by atoms with Gasteiger partial charge in [-0.3, -0.25) is 4.90 Å². The summed E-state index contributed by atoms with van der Waals surface area (Å²) in [7, 11) is 0. The molecule has 3 nitrogen and oxygen atoms in total. The van der Waals surface area contributed by atoms with Gasteiger partial charge in [-0.15, -0.1) is 0 Å². The van der Waals surface area contributed by atoms with Crippen molar-refractivity contribution in [2.75, 3.05) is 32.7 Å². The van der Waals surface area contributed by atoms with Crippen LogP contribution in [0.4, 0.5) is 0 Å².